The maximum absolute atomic E-state index is 12.6. The van der Waals surface area contributed by atoms with Crippen molar-refractivity contribution >= 4 is 17.4 Å². The maximum atomic E-state index is 12.6. The molecule has 0 bridgehead atoms. The minimum atomic E-state index is -0.0652. The van der Waals surface area contributed by atoms with E-state index in [0.29, 0.717) is 28.7 Å². The van der Waals surface area contributed by atoms with E-state index in [4.69, 9.17) is 19.2 Å². The Balaban J connectivity index is 1.75. The van der Waals surface area contributed by atoms with Gasteiger partial charge in [0, 0.05) is 5.56 Å². The average molecular weight is 377 g/mol. The Hall–Kier alpha value is -3.61. The van der Waals surface area contributed by atoms with Gasteiger partial charge in [-0.2, -0.15) is 0 Å². The number of ether oxygens (including phenoxy) is 3. The number of anilines is 2. The first kappa shape index (κ1) is 17.8. The molecule has 28 heavy (non-hydrogen) atoms. The molecule has 0 spiro atoms. The van der Waals surface area contributed by atoms with Gasteiger partial charge in [0.05, 0.1) is 51.0 Å². The van der Waals surface area contributed by atoms with Gasteiger partial charge in [-0.25, -0.2) is 4.98 Å². The molecule has 2 heterocycles. The number of fused-ring (bicyclic) bond motifs is 1. The third-order valence-corrected chi connectivity index (χ3v) is 4.62. The molecule has 1 aliphatic rings. The summed E-state index contributed by atoms with van der Waals surface area (Å²) in [5.74, 6) is 2.44. The maximum Gasteiger partial charge on any atom is 0.238 e. The molecular weight excluding hydrogens is 358 g/mol. The third kappa shape index (κ3) is 3.00. The first-order valence-electron chi connectivity index (χ1n) is 8.70. The second kappa shape index (κ2) is 7.19. The summed E-state index contributed by atoms with van der Waals surface area (Å²) in [7, 11) is 4.78. The SMILES string of the molecule is COc1ccc(N2C(=O)Cc3ncc(-c4ccc(OC)c(OC)c4)nc32)cc1. The van der Waals surface area contributed by atoms with Gasteiger partial charge >= 0.3 is 0 Å². The summed E-state index contributed by atoms with van der Waals surface area (Å²) in [5, 5.41) is 0. The Kier molecular flexibility index (Phi) is 4.57. The Morgan fingerprint density at radius 3 is 2.36 bits per heavy atom. The highest BCUT2D eigenvalue weighted by molar-refractivity contribution is 6.05. The van der Waals surface area contributed by atoms with Crippen LogP contribution in [0.15, 0.2) is 48.7 Å². The molecule has 2 aromatic carbocycles. The lowest BCUT2D eigenvalue weighted by Crippen LogP contribution is -2.21. The Bertz CT molecular complexity index is 1030. The number of hydrogen-bond donors (Lipinski definition) is 0. The first-order chi connectivity index (χ1) is 13.6. The standard InChI is InChI=1S/C21H19N3O4/c1-26-15-7-5-14(6-8-15)24-20(25)11-16-21(24)23-17(12-22-16)13-4-9-18(27-2)19(10-13)28-3/h4-10,12H,11H2,1-3H3. The predicted molar refractivity (Wildman–Crippen MR) is 104 cm³/mol. The number of benzene rings is 2. The zero-order chi connectivity index (χ0) is 19.7. The molecule has 0 atom stereocenters. The van der Waals surface area contributed by atoms with Crippen LogP contribution in [0.25, 0.3) is 11.3 Å². The molecule has 3 aromatic rings. The fourth-order valence-corrected chi connectivity index (χ4v) is 3.18. The van der Waals surface area contributed by atoms with E-state index in [0.717, 1.165) is 17.0 Å². The normalized spacial score (nSPS) is 12.7. The molecule has 0 saturated heterocycles. The van der Waals surface area contributed by atoms with Crippen LogP contribution in [0.4, 0.5) is 11.5 Å². The van der Waals surface area contributed by atoms with Crippen molar-refractivity contribution in [1.29, 1.82) is 0 Å². The fourth-order valence-electron chi connectivity index (χ4n) is 3.18. The molecule has 1 aromatic heterocycles. The Morgan fingerprint density at radius 1 is 0.929 bits per heavy atom. The van der Waals surface area contributed by atoms with Gasteiger partial charge in [0.1, 0.15) is 5.75 Å². The van der Waals surface area contributed by atoms with Crippen LogP contribution < -0.4 is 19.1 Å². The van der Waals surface area contributed by atoms with Gasteiger partial charge in [-0.05, 0) is 42.5 Å². The van der Waals surface area contributed by atoms with E-state index in [1.165, 1.54) is 0 Å². The summed E-state index contributed by atoms with van der Waals surface area (Å²) in [5.41, 5.74) is 2.85. The molecule has 4 rings (SSSR count). The summed E-state index contributed by atoms with van der Waals surface area (Å²) < 4.78 is 15.8. The summed E-state index contributed by atoms with van der Waals surface area (Å²) in [4.78, 5) is 23.4. The van der Waals surface area contributed by atoms with Gasteiger partial charge in [-0.3, -0.25) is 14.7 Å². The topological polar surface area (TPSA) is 73.8 Å². The number of carbonyl (C=O) groups excluding carboxylic acids is 1. The number of hydrogen-bond acceptors (Lipinski definition) is 6. The lowest BCUT2D eigenvalue weighted by molar-refractivity contribution is -0.116. The molecule has 0 unspecified atom stereocenters. The Morgan fingerprint density at radius 2 is 1.68 bits per heavy atom. The Labute approximate surface area is 162 Å². The van der Waals surface area contributed by atoms with E-state index in [1.54, 1.807) is 32.4 Å². The molecule has 1 aliphatic heterocycles. The van der Waals surface area contributed by atoms with Gasteiger partial charge < -0.3 is 14.2 Å². The highest BCUT2D eigenvalue weighted by Gasteiger charge is 2.31. The van der Waals surface area contributed by atoms with Gasteiger partial charge in [-0.1, -0.05) is 0 Å². The van der Waals surface area contributed by atoms with Crippen LogP contribution in [0.2, 0.25) is 0 Å². The molecule has 0 fully saturated rings. The molecule has 1 amide bonds. The van der Waals surface area contributed by atoms with Crippen molar-refractivity contribution in [3.05, 3.63) is 54.4 Å². The molecule has 0 aliphatic carbocycles. The van der Waals surface area contributed by atoms with Crippen LogP contribution in [-0.4, -0.2) is 37.2 Å². The lowest BCUT2D eigenvalue weighted by Gasteiger charge is -2.17. The van der Waals surface area contributed by atoms with Crippen LogP contribution >= 0.6 is 0 Å². The molecule has 142 valence electrons. The van der Waals surface area contributed by atoms with Crippen molar-refractivity contribution in [3.8, 4) is 28.5 Å². The molecule has 7 nitrogen and oxygen atoms in total. The van der Waals surface area contributed by atoms with Gasteiger partial charge in [0.15, 0.2) is 17.3 Å². The number of methoxy groups -OCH3 is 3. The van der Waals surface area contributed by atoms with E-state index in [9.17, 15) is 4.79 Å². The first-order valence-corrected chi connectivity index (χ1v) is 8.70. The number of aromatic nitrogens is 2. The predicted octanol–water partition coefficient (Wildman–Crippen LogP) is 3.39. The van der Waals surface area contributed by atoms with E-state index in [2.05, 4.69) is 4.98 Å². The molecule has 7 heteroatoms. The lowest BCUT2D eigenvalue weighted by atomic mass is 10.1. The van der Waals surface area contributed by atoms with E-state index >= 15 is 0 Å². The van der Waals surface area contributed by atoms with Gasteiger partial charge in [0.25, 0.3) is 0 Å². The van der Waals surface area contributed by atoms with Crippen molar-refractivity contribution in [3.63, 3.8) is 0 Å². The van der Waals surface area contributed by atoms with Gasteiger partial charge in [0.2, 0.25) is 5.91 Å². The summed E-state index contributed by atoms with van der Waals surface area (Å²) in [6.45, 7) is 0. The van der Waals surface area contributed by atoms with Crippen molar-refractivity contribution in [2.24, 2.45) is 0 Å². The molecule has 0 N–H and O–H groups in total. The largest absolute Gasteiger partial charge is 0.497 e. The highest BCUT2D eigenvalue weighted by Crippen LogP contribution is 2.36. The third-order valence-electron chi connectivity index (χ3n) is 4.62. The minimum absolute atomic E-state index is 0.0652. The smallest absolute Gasteiger partial charge is 0.238 e. The number of rotatable bonds is 5. The number of carbonyl (C=O) groups is 1. The van der Waals surface area contributed by atoms with Crippen LogP contribution in [0.1, 0.15) is 5.69 Å². The van der Waals surface area contributed by atoms with Crippen LogP contribution in [0, 0.1) is 0 Å². The van der Waals surface area contributed by atoms with Gasteiger partial charge in [-0.15, -0.1) is 0 Å². The van der Waals surface area contributed by atoms with Crippen molar-refractivity contribution < 1.29 is 19.0 Å². The second-order valence-corrected chi connectivity index (χ2v) is 6.20. The van der Waals surface area contributed by atoms with Crippen LogP contribution in [-0.2, 0) is 11.2 Å². The van der Waals surface area contributed by atoms with Crippen molar-refractivity contribution in [2.75, 3.05) is 26.2 Å². The van der Waals surface area contributed by atoms with Crippen LogP contribution in [0.5, 0.6) is 17.2 Å². The molecule has 0 radical (unpaired) electrons. The number of nitrogens with zero attached hydrogens (tertiary/aromatic N) is 3. The monoisotopic (exact) mass is 377 g/mol. The van der Waals surface area contributed by atoms with Crippen LogP contribution in [0.3, 0.4) is 0 Å². The highest BCUT2D eigenvalue weighted by atomic mass is 16.5. The summed E-state index contributed by atoms with van der Waals surface area (Å²) in [6.07, 6.45) is 1.89. The van der Waals surface area contributed by atoms with E-state index in [-0.39, 0.29) is 12.3 Å². The molecule has 0 saturated carbocycles. The molecular formula is C21H19N3O4. The summed E-state index contributed by atoms with van der Waals surface area (Å²) in [6, 6.07) is 12.8. The zero-order valence-electron chi connectivity index (χ0n) is 15.8. The second-order valence-electron chi connectivity index (χ2n) is 6.20. The van der Waals surface area contributed by atoms with E-state index in [1.807, 2.05) is 42.5 Å². The van der Waals surface area contributed by atoms with E-state index < -0.39 is 0 Å². The summed E-state index contributed by atoms with van der Waals surface area (Å²) >= 11 is 0. The van der Waals surface area contributed by atoms with Crippen molar-refractivity contribution in [1.82, 2.24) is 9.97 Å². The fraction of sp³-hybridized carbons (Fsp3) is 0.190. The average Bonchev–Trinajstić information content (AvgIpc) is 3.08. The quantitative estimate of drug-likeness (QED) is 0.679. The number of amides is 1. The zero-order valence-corrected chi connectivity index (χ0v) is 15.8. The minimum Gasteiger partial charge on any atom is -0.497 e. The van der Waals surface area contributed by atoms with Crippen molar-refractivity contribution in [2.45, 2.75) is 6.42 Å².